The average Bonchev–Trinajstić information content (AvgIpc) is 2.52. The molecule has 1 aliphatic heterocycles. The van der Waals surface area contributed by atoms with Crippen molar-refractivity contribution in [2.24, 2.45) is 5.73 Å². The molecule has 0 saturated heterocycles. The zero-order valence-electron chi connectivity index (χ0n) is 9.69. The quantitative estimate of drug-likeness (QED) is 0.789. The van der Waals surface area contributed by atoms with Crippen molar-refractivity contribution in [1.29, 1.82) is 0 Å². The van der Waals surface area contributed by atoms with Gasteiger partial charge in [0, 0.05) is 13.1 Å². The van der Waals surface area contributed by atoms with Crippen molar-refractivity contribution < 1.29 is 4.74 Å². The first-order chi connectivity index (χ1) is 7.92. The largest absolute Gasteiger partial charge is 0.491 e. The lowest BCUT2D eigenvalue weighted by molar-refractivity contribution is 0.322. The van der Waals surface area contributed by atoms with Crippen LogP contribution in [0.15, 0.2) is 24.3 Å². The zero-order chi connectivity index (χ0) is 11.2. The Morgan fingerprint density at radius 3 is 3.00 bits per heavy atom. The summed E-state index contributed by atoms with van der Waals surface area (Å²) in [7, 11) is 0. The van der Waals surface area contributed by atoms with Crippen LogP contribution in [0.25, 0.3) is 0 Å². The summed E-state index contributed by atoms with van der Waals surface area (Å²) in [6.07, 6.45) is 3.35. The predicted molar refractivity (Wildman–Crippen MR) is 67.1 cm³/mol. The van der Waals surface area contributed by atoms with Crippen molar-refractivity contribution in [1.82, 2.24) is 0 Å². The first kappa shape index (κ1) is 11.3. The number of ether oxygens (including phenoxy) is 1. The molecule has 1 aromatic carbocycles. The molecule has 2 N–H and O–H groups in total. The van der Waals surface area contributed by atoms with Crippen molar-refractivity contribution in [2.45, 2.75) is 19.3 Å². The molecule has 16 heavy (non-hydrogen) atoms. The molecular formula is C13H20N2O. The van der Waals surface area contributed by atoms with Crippen LogP contribution in [0.1, 0.15) is 19.3 Å². The van der Waals surface area contributed by atoms with Gasteiger partial charge < -0.3 is 15.4 Å². The van der Waals surface area contributed by atoms with E-state index in [4.69, 9.17) is 10.5 Å². The Balaban J connectivity index is 2.06. The smallest absolute Gasteiger partial charge is 0.142 e. The monoisotopic (exact) mass is 220 g/mol. The van der Waals surface area contributed by atoms with Gasteiger partial charge in [0.25, 0.3) is 0 Å². The first-order valence-electron chi connectivity index (χ1n) is 6.08. The summed E-state index contributed by atoms with van der Waals surface area (Å²) >= 11 is 0. The molecule has 1 aliphatic rings. The Bertz CT molecular complexity index is 327. The summed E-state index contributed by atoms with van der Waals surface area (Å²) < 4.78 is 5.72. The first-order valence-corrected chi connectivity index (χ1v) is 6.08. The Hall–Kier alpha value is -1.22. The van der Waals surface area contributed by atoms with E-state index in [0.717, 1.165) is 51.3 Å². The number of unbranched alkanes of at least 4 members (excludes halogenated alkanes) is 1. The van der Waals surface area contributed by atoms with E-state index in [0.29, 0.717) is 0 Å². The van der Waals surface area contributed by atoms with Crippen LogP contribution in [0.3, 0.4) is 0 Å². The van der Waals surface area contributed by atoms with Gasteiger partial charge in [-0.1, -0.05) is 12.1 Å². The molecule has 88 valence electrons. The number of nitrogens with zero attached hydrogens (tertiary/aromatic N) is 1. The molecule has 3 heteroatoms. The Morgan fingerprint density at radius 1 is 1.25 bits per heavy atom. The predicted octanol–water partition coefficient (Wildman–Crippen LogP) is 2.01. The molecule has 0 aromatic heterocycles. The average molecular weight is 220 g/mol. The summed E-state index contributed by atoms with van der Waals surface area (Å²) in [5.41, 5.74) is 6.76. The number of nitrogens with two attached hydrogens (primary N) is 1. The highest BCUT2D eigenvalue weighted by Gasteiger charge is 2.14. The van der Waals surface area contributed by atoms with Gasteiger partial charge in [0.1, 0.15) is 5.75 Å². The lowest BCUT2D eigenvalue weighted by atomic mass is 10.2. The van der Waals surface area contributed by atoms with E-state index in [2.05, 4.69) is 23.1 Å². The van der Waals surface area contributed by atoms with Crippen molar-refractivity contribution in [3.05, 3.63) is 24.3 Å². The maximum atomic E-state index is 5.72. The number of benzene rings is 1. The lowest BCUT2D eigenvalue weighted by Gasteiger charge is -2.23. The van der Waals surface area contributed by atoms with Gasteiger partial charge in [-0.2, -0.15) is 0 Å². The minimum Gasteiger partial charge on any atom is -0.491 e. The standard InChI is InChI=1S/C13H20N2O/c14-8-3-4-9-15-10-5-11-16-13-7-2-1-6-12(13)15/h1-2,6-7H,3-5,8-11,14H2. The fraction of sp³-hybridized carbons (Fsp3) is 0.538. The molecule has 1 heterocycles. The van der Waals surface area contributed by atoms with Crippen molar-refractivity contribution in [3.63, 3.8) is 0 Å². The van der Waals surface area contributed by atoms with Crippen LogP contribution in [0.4, 0.5) is 5.69 Å². The van der Waals surface area contributed by atoms with Crippen LogP contribution in [-0.2, 0) is 0 Å². The van der Waals surface area contributed by atoms with Crippen LogP contribution >= 0.6 is 0 Å². The molecule has 0 atom stereocenters. The summed E-state index contributed by atoms with van der Waals surface area (Å²) in [5.74, 6) is 1.02. The van der Waals surface area contributed by atoms with Crippen molar-refractivity contribution >= 4 is 5.69 Å². The lowest BCUT2D eigenvalue weighted by Crippen LogP contribution is -2.25. The molecule has 0 fully saturated rings. The third-order valence-corrected chi connectivity index (χ3v) is 2.92. The number of rotatable bonds is 4. The molecule has 0 spiro atoms. The zero-order valence-corrected chi connectivity index (χ0v) is 9.69. The van der Waals surface area contributed by atoms with Gasteiger partial charge >= 0.3 is 0 Å². The van der Waals surface area contributed by atoms with Gasteiger partial charge in [-0.25, -0.2) is 0 Å². The molecule has 0 aliphatic carbocycles. The highest BCUT2D eigenvalue weighted by molar-refractivity contribution is 5.58. The summed E-state index contributed by atoms with van der Waals surface area (Å²) in [6, 6.07) is 8.30. The number of para-hydroxylation sites is 2. The highest BCUT2D eigenvalue weighted by Crippen LogP contribution is 2.30. The maximum absolute atomic E-state index is 5.72. The van der Waals surface area contributed by atoms with Crippen LogP contribution < -0.4 is 15.4 Å². The molecule has 0 unspecified atom stereocenters. The topological polar surface area (TPSA) is 38.5 Å². The number of anilines is 1. The third kappa shape index (κ3) is 2.67. The highest BCUT2D eigenvalue weighted by atomic mass is 16.5. The van der Waals surface area contributed by atoms with Gasteiger partial charge in [-0.3, -0.25) is 0 Å². The Labute approximate surface area is 97.2 Å². The Kier molecular flexibility index (Phi) is 4.05. The molecular weight excluding hydrogens is 200 g/mol. The SMILES string of the molecule is NCCCCN1CCCOc2ccccc21. The van der Waals surface area contributed by atoms with Gasteiger partial charge in [-0.05, 0) is 37.9 Å². The fourth-order valence-corrected chi connectivity index (χ4v) is 2.08. The molecule has 0 bridgehead atoms. The maximum Gasteiger partial charge on any atom is 0.142 e. The molecule has 1 aromatic rings. The second kappa shape index (κ2) is 5.75. The van der Waals surface area contributed by atoms with E-state index in [1.165, 1.54) is 5.69 Å². The van der Waals surface area contributed by atoms with Gasteiger partial charge in [0.2, 0.25) is 0 Å². The van der Waals surface area contributed by atoms with E-state index >= 15 is 0 Å². The fourth-order valence-electron chi connectivity index (χ4n) is 2.08. The number of hydrogen-bond donors (Lipinski definition) is 1. The molecule has 3 nitrogen and oxygen atoms in total. The van der Waals surface area contributed by atoms with Crippen LogP contribution in [0, 0.1) is 0 Å². The normalized spacial score (nSPS) is 15.2. The van der Waals surface area contributed by atoms with E-state index in [-0.39, 0.29) is 0 Å². The van der Waals surface area contributed by atoms with E-state index in [9.17, 15) is 0 Å². The van der Waals surface area contributed by atoms with Crippen LogP contribution in [-0.4, -0.2) is 26.2 Å². The minimum absolute atomic E-state index is 0.784. The Morgan fingerprint density at radius 2 is 2.12 bits per heavy atom. The second-order valence-corrected chi connectivity index (χ2v) is 4.15. The van der Waals surface area contributed by atoms with E-state index in [1.54, 1.807) is 0 Å². The molecule has 0 radical (unpaired) electrons. The summed E-state index contributed by atoms with van der Waals surface area (Å²) in [4.78, 5) is 2.41. The van der Waals surface area contributed by atoms with E-state index in [1.807, 2.05) is 6.07 Å². The van der Waals surface area contributed by atoms with Crippen molar-refractivity contribution in [3.8, 4) is 5.75 Å². The van der Waals surface area contributed by atoms with Crippen LogP contribution in [0.5, 0.6) is 5.75 Å². The molecule has 2 rings (SSSR count). The number of hydrogen-bond acceptors (Lipinski definition) is 3. The van der Waals surface area contributed by atoms with Crippen molar-refractivity contribution in [2.75, 3.05) is 31.1 Å². The molecule has 0 saturated carbocycles. The molecule has 0 amide bonds. The number of fused-ring (bicyclic) bond motifs is 1. The van der Waals surface area contributed by atoms with Gasteiger partial charge in [0.05, 0.1) is 12.3 Å². The summed E-state index contributed by atoms with van der Waals surface area (Å²) in [5, 5.41) is 0. The van der Waals surface area contributed by atoms with Crippen LogP contribution in [0.2, 0.25) is 0 Å². The summed E-state index contributed by atoms with van der Waals surface area (Å²) in [6.45, 7) is 3.77. The van der Waals surface area contributed by atoms with E-state index < -0.39 is 0 Å². The van der Waals surface area contributed by atoms with Gasteiger partial charge in [0.15, 0.2) is 0 Å². The van der Waals surface area contributed by atoms with Gasteiger partial charge in [-0.15, -0.1) is 0 Å². The minimum atomic E-state index is 0.784. The third-order valence-electron chi connectivity index (χ3n) is 2.92. The second-order valence-electron chi connectivity index (χ2n) is 4.15.